The first kappa shape index (κ1) is 19.9. The zero-order valence-electron chi connectivity index (χ0n) is 15.8. The van der Waals surface area contributed by atoms with E-state index in [-0.39, 0.29) is 24.6 Å². The van der Waals surface area contributed by atoms with Crippen LogP contribution >= 0.6 is 0 Å². The van der Waals surface area contributed by atoms with Crippen molar-refractivity contribution in [2.75, 3.05) is 25.6 Å². The Bertz CT molecular complexity index is 939. The molecule has 0 unspecified atom stereocenters. The molecule has 2 N–H and O–H groups in total. The first-order valence-electron chi connectivity index (χ1n) is 8.86. The number of hydrogen-bond acceptors (Lipinski definition) is 7. The van der Waals surface area contributed by atoms with Crippen LogP contribution in [0, 0.1) is 0 Å². The van der Waals surface area contributed by atoms with Crippen molar-refractivity contribution in [1.82, 2.24) is 5.32 Å². The van der Waals surface area contributed by atoms with Crippen LogP contribution in [0.3, 0.4) is 0 Å². The average Bonchev–Trinajstić information content (AvgIpc) is 3.11. The van der Waals surface area contributed by atoms with Crippen LogP contribution in [0.5, 0.6) is 5.75 Å². The van der Waals surface area contributed by atoms with E-state index < -0.39 is 24.3 Å². The van der Waals surface area contributed by atoms with Gasteiger partial charge in [0.05, 0.1) is 7.11 Å². The predicted octanol–water partition coefficient (Wildman–Crippen LogP) is 1.78. The van der Waals surface area contributed by atoms with Crippen molar-refractivity contribution >= 4 is 23.3 Å². The number of rotatable bonds is 8. The lowest BCUT2D eigenvalue weighted by Gasteiger charge is -2.10. The van der Waals surface area contributed by atoms with Crippen LogP contribution in [0.2, 0.25) is 0 Å². The third-order valence-electron chi connectivity index (χ3n) is 4.09. The summed E-state index contributed by atoms with van der Waals surface area (Å²) < 4.78 is 15.4. The van der Waals surface area contributed by atoms with E-state index in [4.69, 9.17) is 14.2 Å². The number of amides is 1. The number of esters is 1. The van der Waals surface area contributed by atoms with Crippen LogP contribution in [-0.4, -0.2) is 38.0 Å². The zero-order chi connectivity index (χ0) is 20.6. The van der Waals surface area contributed by atoms with Crippen LogP contribution in [0.4, 0.5) is 5.69 Å². The highest BCUT2D eigenvalue weighted by atomic mass is 16.5. The summed E-state index contributed by atoms with van der Waals surface area (Å²) in [6.07, 6.45) is 0. The number of anilines is 1. The van der Waals surface area contributed by atoms with Gasteiger partial charge in [0.2, 0.25) is 11.7 Å². The first-order valence-corrected chi connectivity index (χ1v) is 8.86. The highest BCUT2D eigenvalue weighted by Gasteiger charge is 2.32. The van der Waals surface area contributed by atoms with E-state index in [9.17, 15) is 14.4 Å². The minimum atomic E-state index is -0.918. The summed E-state index contributed by atoms with van der Waals surface area (Å²) in [5, 5.41) is 5.51. The second kappa shape index (κ2) is 9.41. The monoisotopic (exact) mass is 396 g/mol. The highest BCUT2D eigenvalue weighted by Crippen LogP contribution is 2.20. The average molecular weight is 396 g/mol. The lowest BCUT2D eigenvalue weighted by atomic mass is 10.2. The molecule has 1 aliphatic rings. The molecule has 3 rings (SSSR count). The van der Waals surface area contributed by atoms with Gasteiger partial charge >= 0.3 is 5.97 Å². The van der Waals surface area contributed by atoms with Gasteiger partial charge in [0.25, 0.3) is 5.91 Å². The maximum atomic E-state index is 12.3. The van der Waals surface area contributed by atoms with E-state index in [1.165, 1.54) is 7.11 Å². The molecule has 0 bridgehead atoms. The molecule has 1 amide bonds. The number of carbonyl (C=O) groups excluding carboxylic acids is 3. The molecule has 0 saturated carbocycles. The Morgan fingerprint density at radius 2 is 1.79 bits per heavy atom. The number of ketones is 1. The van der Waals surface area contributed by atoms with Gasteiger partial charge in [-0.15, -0.1) is 0 Å². The fourth-order valence-corrected chi connectivity index (χ4v) is 2.66. The summed E-state index contributed by atoms with van der Waals surface area (Å²) in [4.78, 5) is 36.3. The number of nitrogens with one attached hydrogen (secondary N) is 2. The van der Waals surface area contributed by atoms with Crippen LogP contribution in [0.1, 0.15) is 5.56 Å². The number of methoxy groups -OCH3 is 1. The van der Waals surface area contributed by atoms with Crippen LogP contribution in [0.15, 0.2) is 66.1 Å². The zero-order valence-corrected chi connectivity index (χ0v) is 15.8. The molecule has 0 aliphatic carbocycles. The predicted molar refractivity (Wildman–Crippen MR) is 104 cm³/mol. The van der Waals surface area contributed by atoms with Gasteiger partial charge in [0, 0.05) is 17.8 Å². The minimum absolute atomic E-state index is 0.0145. The molecule has 29 heavy (non-hydrogen) atoms. The Hall–Kier alpha value is -3.81. The number of Topliss-reactive ketones (excluding diaryl/α,β-unsaturated/α-hetero) is 1. The molecular formula is C21H20N2O6. The minimum Gasteiger partial charge on any atom is -0.496 e. The van der Waals surface area contributed by atoms with Crippen molar-refractivity contribution < 1.29 is 28.6 Å². The van der Waals surface area contributed by atoms with Gasteiger partial charge in [-0.25, -0.2) is 4.79 Å². The molecule has 0 saturated heterocycles. The standard InChI is InChI=1S/C21H20N2O6/c1-27-17-10-6-5-7-14(17)11-22-18(25)13-29-21(26)19-16(24)12-28-20(19)23-15-8-3-2-4-9-15/h2-10,23H,11-13H2,1H3,(H,22,25). The van der Waals surface area contributed by atoms with E-state index in [0.29, 0.717) is 11.4 Å². The Labute approximate surface area is 167 Å². The lowest BCUT2D eigenvalue weighted by Crippen LogP contribution is -2.29. The molecule has 150 valence electrons. The maximum absolute atomic E-state index is 12.3. The second-order valence-corrected chi connectivity index (χ2v) is 6.07. The number of para-hydroxylation sites is 2. The van der Waals surface area contributed by atoms with Gasteiger partial charge in [-0.05, 0) is 18.2 Å². The van der Waals surface area contributed by atoms with Crippen molar-refractivity contribution in [2.24, 2.45) is 0 Å². The van der Waals surface area contributed by atoms with Gasteiger partial charge in [-0.2, -0.15) is 0 Å². The smallest absolute Gasteiger partial charge is 0.347 e. The van der Waals surface area contributed by atoms with Crippen molar-refractivity contribution in [3.63, 3.8) is 0 Å². The van der Waals surface area contributed by atoms with E-state index in [0.717, 1.165) is 5.56 Å². The summed E-state index contributed by atoms with van der Waals surface area (Å²) in [5.74, 6) is -1.28. The molecular weight excluding hydrogens is 376 g/mol. The quantitative estimate of drug-likeness (QED) is 0.518. The van der Waals surface area contributed by atoms with Crippen LogP contribution < -0.4 is 15.4 Å². The number of carbonyl (C=O) groups is 3. The molecule has 2 aromatic carbocycles. The normalized spacial score (nSPS) is 12.9. The van der Waals surface area contributed by atoms with Gasteiger partial charge in [-0.3, -0.25) is 9.59 Å². The molecule has 0 atom stereocenters. The van der Waals surface area contributed by atoms with Gasteiger partial charge in [-0.1, -0.05) is 36.4 Å². The molecule has 1 aliphatic heterocycles. The topological polar surface area (TPSA) is 103 Å². The van der Waals surface area contributed by atoms with E-state index in [2.05, 4.69) is 10.6 Å². The van der Waals surface area contributed by atoms with Crippen molar-refractivity contribution in [1.29, 1.82) is 0 Å². The van der Waals surface area contributed by atoms with Crippen molar-refractivity contribution in [3.05, 3.63) is 71.6 Å². The number of ether oxygens (including phenoxy) is 3. The maximum Gasteiger partial charge on any atom is 0.347 e. The Kier molecular flexibility index (Phi) is 6.47. The molecule has 0 spiro atoms. The second-order valence-electron chi connectivity index (χ2n) is 6.07. The highest BCUT2D eigenvalue weighted by molar-refractivity contribution is 6.20. The Balaban J connectivity index is 1.56. The molecule has 8 nitrogen and oxygen atoms in total. The van der Waals surface area contributed by atoms with Gasteiger partial charge < -0.3 is 24.8 Å². The molecule has 0 fully saturated rings. The van der Waals surface area contributed by atoms with Crippen LogP contribution in [-0.2, 0) is 30.4 Å². The largest absolute Gasteiger partial charge is 0.496 e. The summed E-state index contributed by atoms with van der Waals surface area (Å²) in [6.45, 7) is -0.574. The fourth-order valence-electron chi connectivity index (χ4n) is 2.66. The first-order chi connectivity index (χ1) is 14.1. The van der Waals surface area contributed by atoms with Crippen molar-refractivity contribution in [3.8, 4) is 5.75 Å². The summed E-state index contributed by atoms with van der Waals surface area (Å²) in [6, 6.07) is 16.2. The van der Waals surface area contributed by atoms with Crippen LogP contribution in [0.25, 0.3) is 0 Å². The molecule has 0 radical (unpaired) electrons. The molecule has 2 aromatic rings. The summed E-state index contributed by atoms with van der Waals surface area (Å²) >= 11 is 0. The third-order valence-corrected chi connectivity index (χ3v) is 4.09. The number of benzene rings is 2. The molecule has 8 heteroatoms. The lowest BCUT2D eigenvalue weighted by molar-refractivity contribution is -0.145. The Morgan fingerprint density at radius 3 is 2.55 bits per heavy atom. The van der Waals surface area contributed by atoms with Gasteiger partial charge in [0.15, 0.2) is 18.8 Å². The summed E-state index contributed by atoms with van der Waals surface area (Å²) in [7, 11) is 1.54. The molecule has 1 heterocycles. The number of hydrogen-bond donors (Lipinski definition) is 2. The fraction of sp³-hybridized carbons (Fsp3) is 0.190. The van der Waals surface area contributed by atoms with E-state index in [1.807, 2.05) is 24.3 Å². The summed E-state index contributed by atoms with van der Waals surface area (Å²) in [5.41, 5.74) is 1.19. The van der Waals surface area contributed by atoms with E-state index in [1.54, 1.807) is 30.3 Å². The van der Waals surface area contributed by atoms with E-state index >= 15 is 0 Å². The van der Waals surface area contributed by atoms with Gasteiger partial charge in [0.1, 0.15) is 5.75 Å². The third kappa shape index (κ3) is 5.13. The van der Waals surface area contributed by atoms with Crippen molar-refractivity contribution in [2.45, 2.75) is 6.54 Å². The SMILES string of the molecule is COc1ccccc1CNC(=O)COC(=O)C1=C(Nc2ccccc2)OCC1=O. The molecule has 0 aromatic heterocycles. The Morgan fingerprint density at radius 1 is 1.07 bits per heavy atom.